The molecule has 1 unspecified atom stereocenters. The second-order valence-corrected chi connectivity index (χ2v) is 2.55. The van der Waals surface area contributed by atoms with E-state index in [-0.39, 0.29) is 0 Å². The molecule has 1 heteroatoms. The lowest BCUT2D eigenvalue weighted by Gasteiger charge is -2.13. The van der Waals surface area contributed by atoms with Crippen LogP contribution in [0.3, 0.4) is 0 Å². The summed E-state index contributed by atoms with van der Waals surface area (Å²) < 4.78 is 0. The van der Waals surface area contributed by atoms with Crippen molar-refractivity contribution in [1.29, 1.82) is 0 Å². The van der Waals surface area contributed by atoms with Crippen molar-refractivity contribution in [2.24, 2.45) is 11.8 Å². The standard InChI is InChI=1S/C7H16O/c1-4-6(2)7(3)5-8/h6-8H,4-5H2,1-3H3/t6?,7-/m0/s1. The van der Waals surface area contributed by atoms with Crippen LogP contribution in [0, 0.1) is 11.8 Å². The third kappa shape index (κ3) is 2.31. The summed E-state index contributed by atoms with van der Waals surface area (Å²) >= 11 is 0. The van der Waals surface area contributed by atoms with Crippen molar-refractivity contribution in [2.45, 2.75) is 27.2 Å². The molecule has 8 heavy (non-hydrogen) atoms. The summed E-state index contributed by atoms with van der Waals surface area (Å²) in [6.07, 6.45) is 1.17. The fourth-order valence-electron chi connectivity index (χ4n) is 0.582. The van der Waals surface area contributed by atoms with Gasteiger partial charge in [-0.05, 0) is 11.8 Å². The molecule has 0 bridgehead atoms. The lowest BCUT2D eigenvalue weighted by molar-refractivity contribution is 0.193. The molecule has 0 aliphatic carbocycles. The quantitative estimate of drug-likeness (QED) is 0.594. The fourth-order valence-corrected chi connectivity index (χ4v) is 0.582. The first-order chi connectivity index (χ1) is 3.72. The Labute approximate surface area is 51.7 Å². The topological polar surface area (TPSA) is 20.2 Å². The SMILES string of the molecule is CCC(C)[C@@H](C)CO. The van der Waals surface area contributed by atoms with Crippen LogP contribution < -0.4 is 0 Å². The minimum atomic E-state index is 0.328. The lowest BCUT2D eigenvalue weighted by atomic mass is 9.95. The van der Waals surface area contributed by atoms with Crippen molar-refractivity contribution in [1.82, 2.24) is 0 Å². The van der Waals surface area contributed by atoms with Gasteiger partial charge in [0.25, 0.3) is 0 Å². The Bertz CT molecular complexity index is 44.3. The van der Waals surface area contributed by atoms with Crippen LogP contribution in [0.1, 0.15) is 27.2 Å². The van der Waals surface area contributed by atoms with Crippen molar-refractivity contribution < 1.29 is 5.11 Å². The maximum Gasteiger partial charge on any atom is 0.0459 e. The average molecular weight is 116 g/mol. The summed E-state index contributed by atoms with van der Waals surface area (Å²) in [5, 5.41) is 8.64. The maximum atomic E-state index is 8.64. The van der Waals surface area contributed by atoms with Gasteiger partial charge < -0.3 is 5.11 Å². The van der Waals surface area contributed by atoms with Gasteiger partial charge >= 0.3 is 0 Å². The van der Waals surface area contributed by atoms with E-state index in [1.165, 1.54) is 6.42 Å². The van der Waals surface area contributed by atoms with Crippen molar-refractivity contribution in [2.75, 3.05) is 6.61 Å². The third-order valence-electron chi connectivity index (χ3n) is 1.90. The molecular formula is C7H16O. The van der Waals surface area contributed by atoms with Crippen LogP contribution in [0.4, 0.5) is 0 Å². The van der Waals surface area contributed by atoms with Gasteiger partial charge in [-0.2, -0.15) is 0 Å². The number of hydrogen-bond donors (Lipinski definition) is 1. The first-order valence-electron chi connectivity index (χ1n) is 3.33. The molecule has 0 rings (SSSR count). The number of aliphatic hydroxyl groups excluding tert-OH is 1. The lowest BCUT2D eigenvalue weighted by Crippen LogP contribution is -2.10. The molecule has 0 fully saturated rings. The predicted octanol–water partition coefficient (Wildman–Crippen LogP) is 1.66. The highest BCUT2D eigenvalue weighted by molar-refractivity contribution is 4.56. The smallest absolute Gasteiger partial charge is 0.0459 e. The Morgan fingerprint density at radius 2 is 1.75 bits per heavy atom. The molecule has 0 amide bonds. The van der Waals surface area contributed by atoms with Gasteiger partial charge in [0.05, 0.1) is 0 Å². The molecule has 0 heterocycles. The van der Waals surface area contributed by atoms with Crippen LogP contribution in [0.15, 0.2) is 0 Å². The third-order valence-corrected chi connectivity index (χ3v) is 1.90. The Hall–Kier alpha value is -0.0400. The molecule has 0 aromatic heterocycles. The molecule has 0 saturated heterocycles. The fraction of sp³-hybridized carbons (Fsp3) is 1.00. The van der Waals surface area contributed by atoms with Crippen molar-refractivity contribution in [3.05, 3.63) is 0 Å². The largest absolute Gasteiger partial charge is 0.396 e. The Kier molecular flexibility index (Phi) is 3.88. The molecule has 0 aliphatic rings. The van der Waals surface area contributed by atoms with E-state index in [0.29, 0.717) is 18.4 Å². The van der Waals surface area contributed by atoms with E-state index in [1.807, 2.05) is 0 Å². The summed E-state index contributed by atoms with van der Waals surface area (Å²) in [5.41, 5.74) is 0. The Morgan fingerprint density at radius 3 is 1.88 bits per heavy atom. The summed E-state index contributed by atoms with van der Waals surface area (Å²) in [6.45, 7) is 6.72. The summed E-state index contributed by atoms with van der Waals surface area (Å²) in [6, 6.07) is 0. The highest BCUT2D eigenvalue weighted by Gasteiger charge is 2.06. The van der Waals surface area contributed by atoms with Gasteiger partial charge in [0, 0.05) is 6.61 Å². The molecule has 0 radical (unpaired) electrons. The normalized spacial score (nSPS) is 18.0. The number of hydrogen-bond acceptors (Lipinski definition) is 1. The van der Waals surface area contributed by atoms with Crippen molar-refractivity contribution in [3.8, 4) is 0 Å². The van der Waals surface area contributed by atoms with E-state index < -0.39 is 0 Å². The van der Waals surface area contributed by atoms with Crippen LogP contribution in [0.25, 0.3) is 0 Å². The van der Waals surface area contributed by atoms with Gasteiger partial charge in [0.1, 0.15) is 0 Å². The van der Waals surface area contributed by atoms with E-state index in [0.717, 1.165) is 0 Å². The highest BCUT2D eigenvalue weighted by atomic mass is 16.3. The van der Waals surface area contributed by atoms with Gasteiger partial charge in [-0.15, -0.1) is 0 Å². The number of rotatable bonds is 3. The molecule has 0 aliphatic heterocycles. The molecule has 0 aromatic rings. The zero-order valence-corrected chi connectivity index (χ0v) is 6.02. The van der Waals surface area contributed by atoms with Crippen LogP contribution in [0.2, 0.25) is 0 Å². The predicted molar refractivity (Wildman–Crippen MR) is 35.7 cm³/mol. The van der Waals surface area contributed by atoms with E-state index >= 15 is 0 Å². The Balaban J connectivity index is 3.29. The van der Waals surface area contributed by atoms with Crippen LogP contribution in [-0.2, 0) is 0 Å². The van der Waals surface area contributed by atoms with Gasteiger partial charge in [0.2, 0.25) is 0 Å². The summed E-state index contributed by atoms with van der Waals surface area (Å²) in [5.74, 6) is 1.14. The van der Waals surface area contributed by atoms with Gasteiger partial charge in [-0.1, -0.05) is 27.2 Å². The molecule has 0 spiro atoms. The van der Waals surface area contributed by atoms with Crippen LogP contribution >= 0.6 is 0 Å². The van der Waals surface area contributed by atoms with E-state index in [1.54, 1.807) is 0 Å². The van der Waals surface area contributed by atoms with E-state index in [2.05, 4.69) is 20.8 Å². The zero-order valence-electron chi connectivity index (χ0n) is 6.02. The zero-order chi connectivity index (χ0) is 6.57. The molecular weight excluding hydrogens is 100 g/mol. The summed E-state index contributed by atoms with van der Waals surface area (Å²) in [4.78, 5) is 0. The molecule has 0 aromatic carbocycles. The first kappa shape index (κ1) is 7.96. The molecule has 1 nitrogen and oxygen atoms in total. The van der Waals surface area contributed by atoms with Crippen molar-refractivity contribution in [3.63, 3.8) is 0 Å². The minimum absolute atomic E-state index is 0.328. The van der Waals surface area contributed by atoms with Gasteiger partial charge in [-0.3, -0.25) is 0 Å². The second kappa shape index (κ2) is 3.90. The first-order valence-corrected chi connectivity index (χ1v) is 3.33. The number of aliphatic hydroxyl groups is 1. The van der Waals surface area contributed by atoms with Crippen LogP contribution in [-0.4, -0.2) is 11.7 Å². The maximum absolute atomic E-state index is 8.64. The van der Waals surface area contributed by atoms with Crippen LogP contribution in [0.5, 0.6) is 0 Å². The van der Waals surface area contributed by atoms with E-state index in [4.69, 9.17) is 5.11 Å². The van der Waals surface area contributed by atoms with Gasteiger partial charge in [0.15, 0.2) is 0 Å². The molecule has 2 atom stereocenters. The van der Waals surface area contributed by atoms with E-state index in [9.17, 15) is 0 Å². The second-order valence-electron chi connectivity index (χ2n) is 2.55. The Morgan fingerprint density at radius 1 is 1.25 bits per heavy atom. The molecule has 0 saturated carbocycles. The average Bonchev–Trinajstić information content (AvgIpc) is 1.84. The monoisotopic (exact) mass is 116 g/mol. The molecule has 50 valence electrons. The van der Waals surface area contributed by atoms with Crippen molar-refractivity contribution >= 4 is 0 Å². The molecule has 1 N–H and O–H groups in total. The summed E-state index contributed by atoms with van der Waals surface area (Å²) in [7, 11) is 0. The van der Waals surface area contributed by atoms with Gasteiger partial charge in [-0.25, -0.2) is 0 Å². The minimum Gasteiger partial charge on any atom is -0.396 e. The highest BCUT2D eigenvalue weighted by Crippen LogP contribution is 2.12.